The van der Waals surface area contributed by atoms with Gasteiger partial charge in [-0.3, -0.25) is 4.98 Å². The van der Waals surface area contributed by atoms with Crippen LogP contribution in [0.5, 0.6) is 5.75 Å². The average molecular weight is 240 g/mol. The summed E-state index contributed by atoms with van der Waals surface area (Å²) < 4.78 is 0. The Morgan fingerprint density at radius 1 is 1.22 bits per heavy atom. The Bertz CT molecular complexity index is 580. The first-order valence-corrected chi connectivity index (χ1v) is 6.28. The minimum Gasteiger partial charge on any atom is -0.507 e. The van der Waals surface area contributed by atoms with Gasteiger partial charge in [-0.15, -0.1) is 0 Å². The molecule has 3 nitrogen and oxygen atoms in total. The first-order chi connectivity index (χ1) is 8.79. The molecule has 92 valence electrons. The van der Waals surface area contributed by atoms with Crippen LogP contribution in [0, 0.1) is 0 Å². The van der Waals surface area contributed by atoms with Crippen molar-refractivity contribution in [3.63, 3.8) is 0 Å². The molecular formula is C15H16N2O. The number of nitrogens with two attached hydrogens (primary N) is 1. The van der Waals surface area contributed by atoms with Crippen molar-refractivity contribution in [3.8, 4) is 17.0 Å². The molecule has 0 saturated carbocycles. The summed E-state index contributed by atoms with van der Waals surface area (Å²) in [5.41, 5.74) is 9.79. The van der Waals surface area contributed by atoms with Crippen molar-refractivity contribution < 1.29 is 5.11 Å². The monoisotopic (exact) mass is 240 g/mol. The molecule has 1 atom stereocenters. The van der Waals surface area contributed by atoms with E-state index in [-0.39, 0.29) is 5.75 Å². The van der Waals surface area contributed by atoms with Gasteiger partial charge in [0, 0.05) is 11.3 Å². The molecule has 0 aliphatic heterocycles. The zero-order chi connectivity index (χ0) is 12.5. The topological polar surface area (TPSA) is 59.1 Å². The summed E-state index contributed by atoms with van der Waals surface area (Å²) in [6, 6.07) is 11.4. The highest BCUT2D eigenvalue weighted by Crippen LogP contribution is 2.34. The number of phenolic OH excluding ortho intramolecular Hbond substituents is 1. The van der Waals surface area contributed by atoms with Crippen LogP contribution in [0.4, 0.5) is 0 Å². The second kappa shape index (κ2) is 4.42. The smallest absolute Gasteiger partial charge is 0.124 e. The minimum absolute atomic E-state index is 0.276. The number of fused-ring (bicyclic) bond motifs is 1. The fourth-order valence-electron chi connectivity index (χ4n) is 2.64. The number of aryl methyl sites for hydroxylation is 1. The number of hydrogen-bond acceptors (Lipinski definition) is 3. The molecule has 1 aromatic carbocycles. The molecule has 1 unspecified atom stereocenters. The number of para-hydroxylation sites is 1. The van der Waals surface area contributed by atoms with Crippen LogP contribution in [-0.4, -0.2) is 16.6 Å². The summed E-state index contributed by atoms with van der Waals surface area (Å²) in [7, 11) is 0. The molecule has 1 aliphatic rings. The lowest BCUT2D eigenvalue weighted by atomic mass is 10.0. The molecule has 3 rings (SSSR count). The van der Waals surface area contributed by atoms with Gasteiger partial charge in [-0.1, -0.05) is 18.2 Å². The van der Waals surface area contributed by atoms with E-state index in [4.69, 9.17) is 5.73 Å². The van der Waals surface area contributed by atoms with Crippen molar-refractivity contribution in [2.75, 3.05) is 6.54 Å². The number of aromatic hydroxyl groups is 1. The highest BCUT2D eigenvalue weighted by molar-refractivity contribution is 5.67. The maximum Gasteiger partial charge on any atom is 0.124 e. The summed E-state index contributed by atoms with van der Waals surface area (Å²) in [4.78, 5) is 4.67. The number of pyridine rings is 1. The van der Waals surface area contributed by atoms with Gasteiger partial charge < -0.3 is 10.8 Å². The molecule has 0 radical (unpaired) electrons. The zero-order valence-corrected chi connectivity index (χ0v) is 10.1. The average Bonchev–Trinajstić information content (AvgIpc) is 2.81. The van der Waals surface area contributed by atoms with Gasteiger partial charge in [0.05, 0.1) is 5.69 Å². The number of rotatable bonds is 2. The normalized spacial score (nSPS) is 17.7. The van der Waals surface area contributed by atoms with Gasteiger partial charge in [0.25, 0.3) is 0 Å². The van der Waals surface area contributed by atoms with Gasteiger partial charge in [-0.2, -0.15) is 0 Å². The Morgan fingerprint density at radius 2 is 2.06 bits per heavy atom. The first-order valence-electron chi connectivity index (χ1n) is 6.28. The third kappa shape index (κ3) is 1.77. The van der Waals surface area contributed by atoms with Gasteiger partial charge in [-0.25, -0.2) is 0 Å². The van der Waals surface area contributed by atoms with Crippen LogP contribution in [-0.2, 0) is 6.42 Å². The molecule has 0 spiro atoms. The van der Waals surface area contributed by atoms with Crippen molar-refractivity contribution in [1.29, 1.82) is 0 Å². The minimum atomic E-state index is 0.276. The molecule has 3 N–H and O–H groups in total. The lowest BCUT2D eigenvalue weighted by Crippen LogP contribution is -2.09. The van der Waals surface area contributed by atoms with E-state index < -0.39 is 0 Å². The SMILES string of the molecule is NCC1CCc2nc(-c3ccccc3O)ccc21. The second-order valence-corrected chi connectivity index (χ2v) is 4.72. The third-order valence-corrected chi connectivity index (χ3v) is 3.64. The highest BCUT2D eigenvalue weighted by atomic mass is 16.3. The van der Waals surface area contributed by atoms with E-state index in [9.17, 15) is 5.11 Å². The molecule has 0 saturated heterocycles. The largest absolute Gasteiger partial charge is 0.507 e. The molecule has 1 aromatic heterocycles. The van der Waals surface area contributed by atoms with Crippen LogP contribution < -0.4 is 5.73 Å². The Balaban J connectivity index is 2.04. The Kier molecular flexibility index (Phi) is 2.76. The number of hydrogen-bond donors (Lipinski definition) is 2. The number of phenols is 1. The lowest BCUT2D eigenvalue weighted by molar-refractivity contribution is 0.477. The summed E-state index contributed by atoms with van der Waals surface area (Å²) in [5.74, 6) is 0.726. The predicted molar refractivity (Wildman–Crippen MR) is 71.5 cm³/mol. The second-order valence-electron chi connectivity index (χ2n) is 4.72. The van der Waals surface area contributed by atoms with Crippen molar-refractivity contribution in [2.45, 2.75) is 18.8 Å². The van der Waals surface area contributed by atoms with Crippen LogP contribution >= 0.6 is 0 Å². The first kappa shape index (κ1) is 11.2. The highest BCUT2D eigenvalue weighted by Gasteiger charge is 2.22. The fourth-order valence-corrected chi connectivity index (χ4v) is 2.64. The number of aromatic nitrogens is 1. The molecule has 0 amide bonds. The quantitative estimate of drug-likeness (QED) is 0.847. The van der Waals surface area contributed by atoms with Crippen molar-refractivity contribution in [1.82, 2.24) is 4.98 Å². The van der Waals surface area contributed by atoms with Gasteiger partial charge >= 0.3 is 0 Å². The van der Waals surface area contributed by atoms with E-state index >= 15 is 0 Å². The van der Waals surface area contributed by atoms with Gasteiger partial charge in [-0.05, 0) is 49.1 Å². The van der Waals surface area contributed by atoms with Crippen LogP contribution in [0.3, 0.4) is 0 Å². The van der Waals surface area contributed by atoms with E-state index in [0.29, 0.717) is 12.5 Å². The van der Waals surface area contributed by atoms with E-state index in [0.717, 1.165) is 29.8 Å². The molecule has 2 aromatic rings. The Labute approximate surface area is 106 Å². The summed E-state index contributed by atoms with van der Waals surface area (Å²) >= 11 is 0. The molecule has 0 bridgehead atoms. The zero-order valence-electron chi connectivity index (χ0n) is 10.1. The van der Waals surface area contributed by atoms with Crippen LogP contribution in [0.25, 0.3) is 11.3 Å². The van der Waals surface area contributed by atoms with E-state index in [2.05, 4.69) is 11.1 Å². The standard InChI is InChI=1S/C15H16N2O/c16-9-10-5-7-13-11(10)6-8-14(17-13)12-3-1-2-4-15(12)18/h1-4,6,8,10,18H,5,7,9,16H2. The third-order valence-electron chi connectivity index (χ3n) is 3.64. The van der Waals surface area contributed by atoms with Crippen molar-refractivity contribution in [2.24, 2.45) is 5.73 Å². The summed E-state index contributed by atoms with van der Waals surface area (Å²) in [5, 5.41) is 9.85. The summed E-state index contributed by atoms with van der Waals surface area (Å²) in [6.45, 7) is 0.685. The number of benzene rings is 1. The van der Waals surface area contributed by atoms with Crippen LogP contribution in [0.15, 0.2) is 36.4 Å². The molecule has 1 aliphatic carbocycles. The van der Waals surface area contributed by atoms with Crippen LogP contribution in [0.2, 0.25) is 0 Å². The van der Waals surface area contributed by atoms with Crippen molar-refractivity contribution in [3.05, 3.63) is 47.7 Å². The van der Waals surface area contributed by atoms with Gasteiger partial charge in [0.2, 0.25) is 0 Å². The maximum absolute atomic E-state index is 9.85. The Morgan fingerprint density at radius 3 is 2.83 bits per heavy atom. The maximum atomic E-state index is 9.85. The van der Waals surface area contributed by atoms with Gasteiger partial charge in [0.15, 0.2) is 0 Å². The molecule has 1 heterocycles. The molecule has 0 fully saturated rings. The molecule has 18 heavy (non-hydrogen) atoms. The van der Waals surface area contributed by atoms with Crippen LogP contribution in [0.1, 0.15) is 23.6 Å². The predicted octanol–water partition coefficient (Wildman–Crippen LogP) is 2.44. The molecule has 3 heteroatoms. The summed E-state index contributed by atoms with van der Waals surface area (Å²) in [6.07, 6.45) is 2.07. The van der Waals surface area contributed by atoms with E-state index in [1.54, 1.807) is 6.07 Å². The Hall–Kier alpha value is -1.87. The van der Waals surface area contributed by atoms with Gasteiger partial charge in [0.1, 0.15) is 5.75 Å². The fraction of sp³-hybridized carbons (Fsp3) is 0.267. The van der Waals surface area contributed by atoms with Crippen molar-refractivity contribution >= 4 is 0 Å². The molecular weight excluding hydrogens is 224 g/mol. The number of nitrogens with zero attached hydrogens (tertiary/aromatic N) is 1. The lowest BCUT2D eigenvalue weighted by Gasteiger charge is -2.09. The van der Waals surface area contributed by atoms with E-state index in [1.807, 2.05) is 24.3 Å². The van der Waals surface area contributed by atoms with E-state index in [1.165, 1.54) is 5.56 Å².